The highest BCUT2D eigenvalue weighted by molar-refractivity contribution is 5.79. The zero-order valence-electron chi connectivity index (χ0n) is 8.11. The van der Waals surface area contributed by atoms with Crippen LogP contribution < -0.4 is 5.43 Å². The zero-order valence-corrected chi connectivity index (χ0v) is 8.11. The molecule has 3 nitrogen and oxygen atoms in total. The van der Waals surface area contributed by atoms with Crippen LogP contribution in [0.15, 0.2) is 29.1 Å². The van der Waals surface area contributed by atoms with Crippen molar-refractivity contribution in [2.75, 3.05) is 0 Å². The van der Waals surface area contributed by atoms with Crippen LogP contribution in [-0.2, 0) is 0 Å². The fourth-order valence-corrected chi connectivity index (χ4v) is 1.55. The van der Waals surface area contributed by atoms with Crippen molar-refractivity contribution in [1.82, 2.24) is 4.73 Å². The van der Waals surface area contributed by atoms with Crippen molar-refractivity contribution in [1.29, 1.82) is 0 Å². The molecule has 2 aromatic rings. The highest BCUT2D eigenvalue weighted by Gasteiger charge is 2.04. The van der Waals surface area contributed by atoms with Crippen molar-refractivity contribution in [3.63, 3.8) is 0 Å². The molecule has 14 heavy (non-hydrogen) atoms. The van der Waals surface area contributed by atoms with Gasteiger partial charge in [-0.1, -0.05) is 11.6 Å². The Bertz CT molecular complexity index is 555. The summed E-state index contributed by atoms with van der Waals surface area (Å²) >= 11 is 0. The van der Waals surface area contributed by atoms with E-state index in [-0.39, 0.29) is 5.43 Å². The number of rotatable bonds is 0. The molecule has 0 saturated heterocycles. The summed E-state index contributed by atoms with van der Waals surface area (Å²) in [6.07, 6.45) is 0. The van der Waals surface area contributed by atoms with E-state index in [2.05, 4.69) is 0 Å². The molecule has 0 amide bonds. The lowest BCUT2D eigenvalue weighted by Gasteiger charge is -2.06. The number of hydrogen-bond acceptors (Lipinski definition) is 2. The van der Waals surface area contributed by atoms with Gasteiger partial charge in [0.1, 0.15) is 0 Å². The first kappa shape index (κ1) is 8.81. The Hall–Kier alpha value is -1.77. The second kappa shape index (κ2) is 2.87. The number of pyridine rings is 1. The SMILES string of the molecule is Cc1ccc2c(c1)c(=O)cc(C)n2O. The Labute approximate surface area is 81.2 Å². The summed E-state index contributed by atoms with van der Waals surface area (Å²) in [6, 6.07) is 6.83. The third-order valence-corrected chi connectivity index (χ3v) is 2.32. The highest BCUT2D eigenvalue weighted by atomic mass is 16.5. The second-order valence-corrected chi connectivity index (χ2v) is 3.48. The number of fused-ring (bicyclic) bond motifs is 1. The molecule has 0 aliphatic rings. The van der Waals surface area contributed by atoms with Crippen LogP contribution in [0, 0.1) is 13.8 Å². The summed E-state index contributed by atoms with van der Waals surface area (Å²) in [6.45, 7) is 3.61. The molecule has 1 heterocycles. The molecule has 2 rings (SSSR count). The van der Waals surface area contributed by atoms with Crippen LogP contribution >= 0.6 is 0 Å². The van der Waals surface area contributed by atoms with E-state index in [1.165, 1.54) is 6.07 Å². The van der Waals surface area contributed by atoms with E-state index in [0.29, 0.717) is 16.6 Å². The van der Waals surface area contributed by atoms with Crippen LogP contribution in [0.4, 0.5) is 0 Å². The van der Waals surface area contributed by atoms with Crippen molar-refractivity contribution in [2.24, 2.45) is 0 Å². The molecule has 0 atom stereocenters. The number of benzene rings is 1. The van der Waals surface area contributed by atoms with Crippen LogP contribution in [0.3, 0.4) is 0 Å². The van der Waals surface area contributed by atoms with Gasteiger partial charge < -0.3 is 5.21 Å². The van der Waals surface area contributed by atoms with Gasteiger partial charge in [-0.25, -0.2) is 0 Å². The smallest absolute Gasteiger partial charge is 0.189 e. The molecule has 1 aromatic carbocycles. The Morgan fingerprint density at radius 2 is 1.93 bits per heavy atom. The van der Waals surface area contributed by atoms with Crippen LogP contribution in [0.5, 0.6) is 0 Å². The van der Waals surface area contributed by atoms with Crippen molar-refractivity contribution in [3.8, 4) is 0 Å². The molecular formula is C11H11NO2. The number of aromatic nitrogens is 1. The van der Waals surface area contributed by atoms with E-state index in [9.17, 15) is 10.0 Å². The lowest BCUT2D eigenvalue weighted by molar-refractivity contribution is 0.191. The topological polar surface area (TPSA) is 42.2 Å². The predicted molar refractivity (Wildman–Crippen MR) is 54.9 cm³/mol. The maximum Gasteiger partial charge on any atom is 0.189 e. The maximum absolute atomic E-state index is 11.6. The monoisotopic (exact) mass is 189 g/mol. The normalized spacial score (nSPS) is 10.7. The summed E-state index contributed by atoms with van der Waals surface area (Å²) in [7, 11) is 0. The van der Waals surface area contributed by atoms with Crippen molar-refractivity contribution in [3.05, 3.63) is 45.7 Å². The quantitative estimate of drug-likeness (QED) is 0.643. The van der Waals surface area contributed by atoms with E-state index >= 15 is 0 Å². The molecule has 1 N–H and O–H groups in total. The van der Waals surface area contributed by atoms with Crippen molar-refractivity contribution in [2.45, 2.75) is 13.8 Å². The number of hydrogen-bond donors (Lipinski definition) is 1. The average molecular weight is 189 g/mol. The molecule has 0 unspecified atom stereocenters. The van der Waals surface area contributed by atoms with E-state index in [1.54, 1.807) is 19.1 Å². The first-order valence-electron chi connectivity index (χ1n) is 4.42. The molecule has 0 radical (unpaired) electrons. The van der Waals surface area contributed by atoms with Crippen molar-refractivity contribution >= 4 is 10.9 Å². The van der Waals surface area contributed by atoms with Gasteiger partial charge in [0.25, 0.3) is 0 Å². The molecule has 0 saturated carbocycles. The standard InChI is InChI=1S/C11H11NO2/c1-7-3-4-10-9(5-7)11(13)6-8(2)12(10)14/h3-6,14H,1-2H3. The number of nitrogens with zero attached hydrogens (tertiary/aromatic N) is 1. The van der Waals surface area contributed by atoms with Crippen LogP contribution in [0.1, 0.15) is 11.3 Å². The fourth-order valence-electron chi connectivity index (χ4n) is 1.55. The Morgan fingerprint density at radius 1 is 1.21 bits per heavy atom. The fraction of sp³-hybridized carbons (Fsp3) is 0.182. The minimum Gasteiger partial charge on any atom is -0.428 e. The minimum atomic E-state index is -0.0495. The van der Waals surface area contributed by atoms with Gasteiger partial charge in [0, 0.05) is 11.5 Å². The first-order valence-corrected chi connectivity index (χ1v) is 4.42. The van der Waals surface area contributed by atoms with E-state index < -0.39 is 0 Å². The lowest BCUT2D eigenvalue weighted by atomic mass is 10.1. The van der Waals surface area contributed by atoms with Crippen LogP contribution in [-0.4, -0.2) is 9.94 Å². The highest BCUT2D eigenvalue weighted by Crippen LogP contribution is 2.12. The lowest BCUT2D eigenvalue weighted by Crippen LogP contribution is -2.09. The van der Waals surface area contributed by atoms with E-state index in [0.717, 1.165) is 10.3 Å². The van der Waals surface area contributed by atoms with Gasteiger partial charge in [0.05, 0.1) is 11.2 Å². The summed E-state index contributed by atoms with van der Waals surface area (Å²) in [4.78, 5) is 11.6. The van der Waals surface area contributed by atoms with Gasteiger partial charge in [-0.2, -0.15) is 4.73 Å². The molecule has 0 aliphatic carbocycles. The summed E-state index contributed by atoms with van der Waals surface area (Å²) in [5.41, 5.74) is 2.07. The maximum atomic E-state index is 11.6. The third-order valence-electron chi connectivity index (χ3n) is 2.32. The van der Waals surface area contributed by atoms with Gasteiger partial charge >= 0.3 is 0 Å². The molecule has 0 bridgehead atoms. The van der Waals surface area contributed by atoms with Gasteiger partial charge in [-0.3, -0.25) is 4.79 Å². The Kier molecular flexibility index (Phi) is 1.81. The van der Waals surface area contributed by atoms with Gasteiger partial charge in [-0.15, -0.1) is 0 Å². The second-order valence-electron chi connectivity index (χ2n) is 3.48. The van der Waals surface area contributed by atoms with E-state index in [4.69, 9.17) is 0 Å². The molecule has 0 spiro atoms. The third kappa shape index (κ3) is 1.18. The largest absolute Gasteiger partial charge is 0.428 e. The predicted octanol–water partition coefficient (Wildman–Crippen LogP) is 1.86. The van der Waals surface area contributed by atoms with Crippen LogP contribution in [0.2, 0.25) is 0 Å². The van der Waals surface area contributed by atoms with Gasteiger partial charge in [-0.05, 0) is 26.0 Å². The molecule has 72 valence electrons. The minimum absolute atomic E-state index is 0.0495. The summed E-state index contributed by atoms with van der Waals surface area (Å²) in [5.74, 6) is 0. The first-order chi connectivity index (χ1) is 6.59. The Balaban J connectivity index is 3.02. The van der Waals surface area contributed by atoms with Gasteiger partial charge in [0.15, 0.2) is 5.43 Å². The van der Waals surface area contributed by atoms with E-state index in [1.807, 2.05) is 13.0 Å². The van der Waals surface area contributed by atoms with Crippen LogP contribution in [0.25, 0.3) is 10.9 Å². The summed E-state index contributed by atoms with van der Waals surface area (Å²) in [5, 5.41) is 10.2. The van der Waals surface area contributed by atoms with Gasteiger partial charge in [0.2, 0.25) is 0 Å². The average Bonchev–Trinajstić information content (AvgIpc) is 2.14. The molecular weight excluding hydrogens is 178 g/mol. The molecule has 1 aromatic heterocycles. The number of aryl methyl sites for hydroxylation is 2. The summed E-state index contributed by atoms with van der Waals surface area (Å²) < 4.78 is 1.04. The zero-order chi connectivity index (χ0) is 10.3. The molecule has 0 fully saturated rings. The molecule has 0 aliphatic heterocycles. The van der Waals surface area contributed by atoms with Crippen molar-refractivity contribution < 1.29 is 5.21 Å². The molecule has 3 heteroatoms. The Morgan fingerprint density at radius 3 is 2.64 bits per heavy atom.